The van der Waals surface area contributed by atoms with E-state index in [1.54, 1.807) is 11.8 Å². The molecule has 0 spiro atoms. The van der Waals surface area contributed by atoms with Crippen LogP contribution in [0, 0.1) is 5.92 Å². The molecule has 2 aliphatic rings. The lowest BCUT2D eigenvalue weighted by Crippen LogP contribution is -2.53. The van der Waals surface area contributed by atoms with Crippen molar-refractivity contribution >= 4 is 17.7 Å². The molecule has 3 atom stereocenters. The van der Waals surface area contributed by atoms with Crippen LogP contribution < -0.4 is 5.32 Å². The standard InChI is InChI=1S/C9H15NO2S/c1-5-8(6-2-3-6)10-7(4-13-5)9(11)12/h5-8,10H,2-4H2,1H3,(H,11,12). The van der Waals surface area contributed by atoms with E-state index in [4.69, 9.17) is 5.11 Å². The highest BCUT2D eigenvalue weighted by Crippen LogP contribution is 2.39. The summed E-state index contributed by atoms with van der Waals surface area (Å²) in [5.41, 5.74) is 0. The summed E-state index contributed by atoms with van der Waals surface area (Å²) in [6.45, 7) is 2.19. The lowest BCUT2D eigenvalue weighted by molar-refractivity contribution is -0.139. The quantitative estimate of drug-likeness (QED) is 0.698. The summed E-state index contributed by atoms with van der Waals surface area (Å²) < 4.78 is 0. The average molecular weight is 201 g/mol. The second kappa shape index (κ2) is 3.50. The molecule has 1 heterocycles. The number of nitrogens with one attached hydrogen (secondary N) is 1. The summed E-state index contributed by atoms with van der Waals surface area (Å²) in [6.07, 6.45) is 2.55. The second-order valence-electron chi connectivity index (χ2n) is 3.96. The van der Waals surface area contributed by atoms with Crippen molar-refractivity contribution in [2.24, 2.45) is 5.92 Å². The molecule has 1 aliphatic carbocycles. The van der Waals surface area contributed by atoms with E-state index in [2.05, 4.69) is 12.2 Å². The van der Waals surface area contributed by atoms with Crippen molar-refractivity contribution in [3.8, 4) is 0 Å². The Morgan fingerprint density at radius 2 is 2.23 bits per heavy atom. The maximum atomic E-state index is 10.8. The molecule has 2 N–H and O–H groups in total. The SMILES string of the molecule is CC1SCC(C(=O)O)NC1C1CC1. The van der Waals surface area contributed by atoms with Gasteiger partial charge in [-0.2, -0.15) is 11.8 Å². The van der Waals surface area contributed by atoms with Gasteiger partial charge in [-0.05, 0) is 18.8 Å². The van der Waals surface area contributed by atoms with Crippen LogP contribution in [-0.2, 0) is 4.79 Å². The first kappa shape index (κ1) is 9.34. The zero-order valence-electron chi connectivity index (χ0n) is 7.69. The van der Waals surface area contributed by atoms with Gasteiger partial charge in [-0.15, -0.1) is 0 Å². The minimum Gasteiger partial charge on any atom is -0.480 e. The van der Waals surface area contributed by atoms with Crippen LogP contribution in [0.25, 0.3) is 0 Å². The number of hydrogen-bond acceptors (Lipinski definition) is 3. The van der Waals surface area contributed by atoms with Crippen LogP contribution >= 0.6 is 11.8 Å². The molecular formula is C9H15NO2S. The molecule has 0 amide bonds. The molecule has 74 valence electrons. The van der Waals surface area contributed by atoms with Crippen molar-refractivity contribution in [3.63, 3.8) is 0 Å². The third-order valence-corrected chi connectivity index (χ3v) is 4.20. The van der Waals surface area contributed by atoms with Crippen LogP contribution in [0.15, 0.2) is 0 Å². The Morgan fingerprint density at radius 1 is 1.54 bits per heavy atom. The Morgan fingerprint density at radius 3 is 2.77 bits per heavy atom. The maximum Gasteiger partial charge on any atom is 0.321 e. The molecule has 0 aromatic rings. The van der Waals surface area contributed by atoms with Gasteiger partial charge >= 0.3 is 5.97 Å². The van der Waals surface area contributed by atoms with E-state index in [0.717, 1.165) is 5.92 Å². The fourth-order valence-electron chi connectivity index (χ4n) is 1.88. The van der Waals surface area contributed by atoms with Gasteiger partial charge in [0.15, 0.2) is 0 Å². The molecule has 1 saturated heterocycles. The number of carboxylic acid groups (broad SMARTS) is 1. The molecule has 4 heteroatoms. The minimum absolute atomic E-state index is 0.327. The normalized spacial score (nSPS) is 40.2. The van der Waals surface area contributed by atoms with Crippen LogP contribution in [0.1, 0.15) is 19.8 Å². The monoisotopic (exact) mass is 201 g/mol. The highest BCUT2D eigenvalue weighted by molar-refractivity contribution is 8.00. The molecule has 0 radical (unpaired) electrons. The van der Waals surface area contributed by atoms with Gasteiger partial charge in [0.05, 0.1) is 0 Å². The summed E-state index contributed by atoms with van der Waals surface area (Å²) in [6, 6.07) is 0.103. The number of aliphatic carboxylic acids is 1. The van der Waals surface area contributed by atoms with E-state index >= 15 is 0 Å². The fraction of sp³-hybridized carbons (Fsp3) is 0.889. The van der Waals surface area contributed by atoms with E-state index in [1.807, 2.05) is 0 Å². The highest BCUT2D eigenvalue weighted by atomic mass is 32.2. The first-order valence-electron chi connectivity index (χ1n) is 4.79. The summed E-state index contributed by atoms with van der Waals surface area (Å²) in [5.74, 6) is 0.745. The van der Waals surface area contributed by atoms with Gasteiger partial charge in [-0.25, -0.2) is 0 Å². The van der Waals surface area contributed by atoms with E-state index < -0.39 is 5.97 Å². The number of thioether (sulfide) groups is 1. The topological polar surface area (TPSA) is 49.3 Å². The Bertz CT molecular complexity index is 218. The third kappa shape index (κ3) is 1.99. The van der Waals surface area contributed by atoms with Gasteiger partial charge in [0.25, 0.3) is 0 Å². The molecule has 3 nitrogen and oxygen atoms in total. The van der Waals surface area contributed by atoms with Crippen molar-refractivity contribution in [2.45, 2.75) is 37.1 Å². The highest BCUT2D eigenvalue weighted by Gasteiger charge is 2.40. The van der Waals surface area contributed by atoms with Gasteiger partial charge < -0.3 is 5.11 Å². The van der Waals surface area contributed by atoms with Crippen molar-refractivity contribution < 1.29 is 9.90 Å². The molecule has 0 aromatic carbocycles. The van der Waals surface area contributed by atoms with Crippen molar-refractivity contribution in [3.05, 3.63) is 0 Å². The molecule has 0 bridgehead atoms. The van der Waals surface area contributed by atoms with E-state index in [0.29, 0.717) is 17.0 Å². The lowest BCUT2D eigenvalue weighted by atomic mass is 10.1. The van der Waals surface area contributed by atoms with Crippen LogP contribution in [0.2, 0.25) is 0 Å². The maximum absolute atomic E-state index is 10.8. The zero-order valence-corrected chi connectivity index (χ0v) is 8.51. The predicted molar refractivity (Wildman–Crippen MR) is 53.0 cm³/mol. The van der Waals surface area contributed by atoms with E-state index in [9.17, 15) is 4.79 Å². The zero-order chi connectivity index (χ0) is 9.42. The summed E-state index contributed by atoms with van der Waals surface area (Å²) in [5, 5.41) is 12.7. The Hall–Kier alpha value is -0.220. The second-order valence-corrected chi connectivity index (χ2v) is 5.37. The smallest absolute Gasteiger partial charge is 0.321 e. The first-order chi connectivity index (χ1) is 6.18. The van der Waals surface area contributed by atoms with Gasteiger partial charge in [-0.3, -0.25) is 10.1 Å². The predicted octanol–water partition coefficient (Wildman–Crippen LogP) is 0.943. The molecule has 1 saturated carbocycles. The average Bonchev–Trinajstić information content (AvgIpc) is 2.87. The largest absolute Gasteiger partial charge is 0.480 e. The van der Waals surface area contributed by atoms with Crippen molar-refractivity contribution in [1.82, 2.24) is 5.32 Å². The number of carbonyl (C=O) groups is 1. The third-order valence-electron chi connectivity index (χ3n) is 2.85. The van der Waals surface area contributed by atoms with E-state index in [1.165, 1.54) is 12.8 Å². The van der Waals surface area contributed by atoms with Gasteiger partial charge in [-0.1, -0.05) is 6.92 Å². The van der Waals surface area contributed by atoms with Crippen molar-refractivity contribution in [2.75, 3.05) is 5.75 Å². The molecule has 2 rings (SSSR count). The van der Waals surface area contributed by atoms with Crippen LogP contribution in [0.3, 0.4) is 0 Å². The molecule has 2 fully saturated rings. The number of carboxylic acids is 1. The molecule has 3 unspecified atom stereocenters. The van der Waals surface area contributed by atoms with Crippen LogP contribution in [0.5, 0.6) is 0 Å². The Kier molecular flexibility index (Phi) is 2.51. The fourth-order valence-corrected chi connectivity index (χ4v) is 3.13. The number of rotatable bonds is 2. The lowest BCUT2D eigenvalue weighted by Gasteiger charge is -2.33. The van der Waals surface area contributed by atoms with Gasteiger partial charge in [0.2, 0.25) is 0 Å². The summed E-state index contributed by atoms with van der Waals surface area (Å²) in [4.78, 5) is 10.8. The minimum atomic E-state index is -0.704. The first-order valence-corrected chi connectivity index (χ1v) is 5.84. The van der Waals surface area contributed by atoms with Crippen molar-refractivity contribution in [1.29, 1.82) is 0 Å². The summed E-state index contributed by atoms with van der Waals surface area (Å²) >= 11 is 1.79. The number of hydrogen-bond donors (Lipinski definition) is 2. The Labute approximate surface area is 82.3 Å². The molecule has 13 heavy (non-hydrogen) atoms. The molecule has 1 aliphatic heterocycles. The van der Waals surface area contributed by atoms with Crippen LogP contribution in [0.4, 0.5) is 0 Å². The van der Waals surface area contributed by atoms with Gasteiger partial charge in [0, 0.05) is 17.0 Å². The molecule has 0 aromatic heterocycles. The summed E-state index contributed by atoms with van der Waals surface area (Å²) in [7, 11) is 0. The van der Waals surface area contributed by atoms with E-state index in [-0.39, 0.29) is 6.04 Å². The van der Waals surface area contributed by atoms with Gasteiger partial charge in [0.1, 0.15) is 6.04 Å². The Balaban J connectivity index is 1.96. The molecular weight excluding hydrogens is 186 g/mol. The van der Waals surface area contributed by atoms with Crippen LogP contribution in [-0.4, -0.2) is 34.2 Å².